The van der Waals surface area contributed by atoms with Crippen LogP contribution in [0, 0.1) is 0 Å². The molecule has 0 bridgehead atoms. The molecule has 0 spiro atoms. The van der Waals surface area contributed by atoms with E-state index in [1.807, 2.05) is 11.9 Å². The number of carbonyl (C=O) groups is 1. The lowest BCUT2D eigenvalue weighted by molar-refractivity contribution is -0.127. The molecule has 1 amide bonds. The lowest BCUT2D eigenvalue weighted by Gasteiger charge is -2.23. The van der Waals surface area contributed by atoms with Crippen molar-refractivity contribution in [2.45, 2.75) is 39.3 Å². The first-order valence-corrected chi connectivity index (χ1v) is 7.68. The third-order valence-electron chi connectivity index (χ3n) is 3.80. The molecule has 1 N–H and O–H groups in total. The van der Waals surface area contributed by atoms with Crippen molar-refractivity contribution in [3.8, 4) is 0 Å². The Kier molecular flexibility index (Phi) is 4.88. The highest BCUT2D eigenvalue weighted by Crippen LogP contribution is 2.18. The van der Waals surface area contributed by atoms with E-state index in [-0.39, 0.29) is 11.4 Å². The largest absolute Gasteiger partial charge is 0.362 e. The van der Waals surface area contributed by atoms with Crippen molar-refractivity contribution in [2.24, 2.45) is 0 Å². The van der Waals surface area contributed by atoms with Gasteiger partial charge in [-0.25, -0.2) is 0 Å². The van der Waals surface area contributed by atoms with Crippen LogP contribution in [-0.2, 0) is 11.3 Å². The van der Waals surface area contributed by atoms with Crippen molar-refractivity contribution in [3.05, 3.63) is 29.8 Å². The van der Waals surface area contributed by atoms with Crippen molar-refractivity contribution in [3.63, 3.8) is 0 Å². The van der Waals surface area contributed by atoms with Gasteiger partial charge in [0.2, 0.25) is 5.91 Å². The van der Waals surface area contributed by atoms with Crippen LogP contribution in [0.15, 0.2) is 24.3 Å². The summed E-state index contributed by atoms with van der Waals surface area (Å²) < 4.78 is 0. The van der Waals surface area contributed by atoms with Crippen molar-refractivity contribution >= 4 is 11.6 Å². The Morgan fingerprint density at radius 1 is 1.14 bits per heavy atom. The number of hydrogen-bond acceptors (Lipinski definition) is 3. The number of carbonyl (C=O) groups excluding carboxylic acids is 1. The van der Waals surface area contributed by atoms with Gasteiger partial charge in [-0.1, -0.05) is 12.1 Å². The van der Waals surface area contributed by atoms with Crippen LogP contribution >= 0.6 is 0 Å². The molecule has 0 radical (unpaired) electrons. The molecule has 1 fully saturated rings. The van der Waals surface area contributed by atoms with Gasteiger partial charge in [0.1, 0.15) is 0 Å². The normalized spacial score (nSPS) is 17.0. The number of rotatable bonds is 3. The molecule has 2 rings (SSSR count). The first-order chi connectivity index (χ1) is 9.85. The average Bonchev–Trinajstić information content (AvgIpc) is 2.59. The molecule has 0 atom stereocenters. The summed E-state index contributed by atoms with van der Waals surface area (Å²) in [5.74, 6) is 0.200. The van der Waals surface area contributed by atoms with Gasteiger partial charge in [-0.15, -0.1) is 0 Å². The molecule has 1 aromatic carbocycles. The van der Waals surface area contributed by atoms with Crippen LogP contribution in [0.5, 0.6) is 0 Å². The molecule has 1 saturated heterocycles. The van der Waals surface area contributed by atoms with Crippen LogP contribution in [0.1, 0.15) is 32.8 Å². The molecule has 1 heterocycles. The Labute approximate surface area is 128 Å². The summed E-state index contributed by atoms with van der Waals surface area (Å²) in [7, 11) is 1.88. The van der Waals surface area contributed by atoms with E-state index >= 15 is 0 Å². The second-order valence-corrected chi connectivity index (χ2v) is 6.86. The smallest absolute Gasteiger partial charge is 0.241 e. The fourth-order valence-corrected chi connectivity index (χ4v) is 2.40. The molecule has 0 aliphatic carbocycles. The van der Waals surface area contributed by atoms with Crippen LogP contribution in [0.4, 0.5) is 5.69 Å². The van der Waals surface area contributed by atoms with E-state index in [1.54, 1.807) is 0 Å². The lowest BCUT2D eigenvalue weighted by atomic mass is 10.1. The second kappa shape index (κ2) is 6.48. The number of hydrogen-bond donors (Lipinski definition) is 1. The zero-order chi connectivity index (χ0) is 15.5. The van der Waals surface area contributed by atoms with Crippen LogP contribution in [0.25, 0.3) is 0 Å². The maximum atomic E-state index is 12.0. The molecule has 116 valence electrons. The minimum atomic E-state index is 0.125. The summed E-state index contributed by atoms with van der Waals surface area (Å²) in [5.41, 5.74) is 2.53. The van der Waals surface area contributed by atoms with Gasteiger partial charge in [0.25, 0.3) is 0 Å². The Morgan fingerprint density at radius 3 is 2.43 bits per heavy atom. The van der Waals surface area contributed by atoms with E-state index in [0.717, 1.165) is 31.7 Å². The van der Waals surface area contributed by atoms with Gasteiger partial charge >= 0.3 is 0 Å². The molecule has 4 heteroatoms. The first-order valence-electron chi connectivity index (χ1n) is 7.68. The number of likely N-dealkylation sites (N-methyl/N-ethyl adjacent to an activating group) is 1. The van der Waals surface area contributed by atoms with Gasteiger partial charge in [0.15, 0.2) is 0 Å². The summed E-state index contributed by atoms with van der Waals surface area (Å²) in [6, 6.07) is 8.54. The highest BCUT2D eigenvalue weighted by molar-refractivity contribution is 5.81. The SMILES string of the molecule is CN1CCCN(c2ccc(CNC(C)(C)C)cc2)CC1=O. The summed E-state index contributed by atoms with van der Waals surface area (Å²) in [6.07, 6.45) is 1.02. The van der Waals surface area contributed by atoms with Gasteiger partial charge < -0.3 is 15.1 Å². The number of nitrogens with zero attached hydrogens (tertiary/aromatic N) is 2. The molecule has 1 aromatic rings. The summed E-state index contributed by atoms with van der Waals surface area (Å²) >= 11 is 0. The van der Waals surface area contributed by atoms with E-state index in [9.17, 15) is 4.79 Å². The summed E-state index contributed by atoms with van der Waals surface area (Å²) in [5, 5.41) is 3.49. The Bertz CT molecular complexity index is 476. The predicted molar refractivity (Wildman–Crippen MR) is 87.5 cm³/mol. The maximum Gasteiger partial charge on any atom is 0.241 e. The molecule has 4 nitrogen and oxygen atoms in total. The third-order valence-corrected chi connectivity index (χ3v) is 3.80. The van der Waals surface area contributed by atoms with E-state index in [1.165, 1.54) is 5.56 Å². The van der Waals surface area contributed by atoms with E-state index in [2.05, 4.69) is 55.3 Å². The van der Waals surface area contributed by atoms with E-state index < -0.39 is 0 Å². The standard InChI is InChI=1S/C17H27N3O/c1-17(2,3)18-12-14-6-8-15(9-7-14)20-11-5-10-19(4)16(21)13-20/h6-9,18H,5,10-13H2,1-4H3. The van der Waals surface area contributed by atoms with Gasteiger partial charge in [-0.2, -0.15) is 0 Å². The van der Waals surface area contributed by atoms with Crippen molar-refractivity contribution < 1.29 is 4.79 Å². The maximum absolute atomic E-state index is 12.0. The fraction of sp³-hybridized carbons (Fsp3) is 0.588. The lowest BCUT2D eigenvalue weighted by Crippen LogP contribution is -2.35. The first kappa shape index (κ1) is 15.8. The van der Waals surface area contributed by atoms with Gasteiger partial charge in [0.05, 0.1) is 6.54 Å². The Balaban J connectivity index is 1.99. The predicted octanol–water partition coefficient (Wildman–Crippen LogP) is 2.24. The zero-order valence-electron chi connectivity index (χ0n) is 13.6. The molecule has 0 saturated carbocycles. The van der Waals surface area contributed by atoms with Gasteiger partial charge in [-0.3, -0.25) is 4.79 Å². The molecule has 0 aromatic heterocycles. The van der Waals surface area contributed by atoms with Gasteiger partial charge in [-0.05, 0) is 44.9 Å². The molecule has 0 unspecified atom stereocenters. The molecular weight excluding hydrogens is 262 g/mol. The average molecular weight is 289 g/mol. The highest BCUT2D eigenvalue weighted by Gasteiger charge is 2.19. The van der Waals surface area contributed by atoms with Crippen LogP contribution in [0.3, 0.4) is 0 Å². The molecule has 21 heavy (non-hydrogen) atoms. The topological polar surface area (TPSA) is 35.6 Å². The van der Waals surface area contributed by atoms with Crippen molar-refractivity contribution in [2.75, 3.05) is 31.6 Å². The number of benzene rings is 1. The number of amides is 1. The zero-order valence-corrected chi connectivity index (χ0v) is 13.6. The van der Waals surface area contributed by atoms with Crippen molar-refractivity contribution in [1.82, 2.24) is 10.2 Å². The molecule has 1 aliphatic heterocycles. The number of nitrogens with one attached hydrogen (secondary N) is 1. The minimum absolute atomic E-state index is 0.125. The fourth-order valence-electron chi connectivity index (χ4n) is 2.40. The van der Waals surface area contributed by atoms with Crippen LogP contribution < -0.4 is 10.2 Å². The van der Waals surface area contributed by atoms with Crippen LogP contribution in [0.2, 0.25) is 0 Å². The second-order valence-electron chi connectivity index (χ2n) is 6.86. The molecular formula is C17H27N3O. The van der Waals surface area contributed by atoms with E-state index in [4.69, 9.17) is 0 Å². The summed E-state index contributed by atoms with van der Waals surface area (Å²) in [6.45, 7) is 9.64. The highest BCUT2D eigenvalue weighted by atomic mass is 16.2. The Morgan fingerprint density at radius 2 is 1.81 bits per heavy atom. The summed E-state index contributed by atoms with van der Waals surface area (Å²) in [4.78, 5) is 15.9. The monoisotopic (exact) mass is 289 g/mol. The van der Waals surface area contributed by atoms with Gasteiger partial charge in [0, 0.05) is 37.9 Å². The quantitative estimate of drug-likeness (QED) is 0.927. The molecule has 1 aliphatic rings. The van der Waals surface area contributed by atoms with E-state index in [0.29, 0.717) is 6.54 Å². The third kappa shape index (κ3) is 4.74. The van der Waals surface area contributed by atoms with Crippen molar-refractivity contribution in [1.29, 1.82) is 0 Å². The minimum Gasteiger partial charge on any atom is -0.362 e. The Hall–Kier alpha value is -1.55. The number of anilines is 1. The van der Waals surface area contributed by atoms with Crippen LogP contribution in [-0.4, -0.2) is 43.0 Å².